The summed E-state index contributed by atoms with van der Waals surface area (Å²) in [6.45, 7) is -0.278. The smallest absolute Gasteiger partial charge is 0.337 e. The zero-order chi connectivity index (χ0) is 16.8. The summed E-state index contributed by atoms with van der Waals surface area (Å²) in [6, 6.07) is 10.1. The van der Waals surface area contributed by atoms with Crippen LogP contribution in [0.4, 0.5) is 10.1 Å². The van der Waals surface area contributed by atoms with Crippen LogP contribution in [0.2, 0.25) is 5.02 Å². The van der Waals surface area contributed by atoms with Crippen molar-refractivity contribution in [2.75, 3.05) is 19.0 Å². The Morgan fingerprint density at radius 3 is 2.70 bits per heavy atom. The number of rotatable bonds is 5. The number of amides is 1. The molecule has 0 aliphatic heterocycles. The lowest BCUT2D eigenvalue weighted by Gasteiger charge is -2.09. The van der Waals surface area contributed by atoms with E-state index in [4.69, 9.17) is 16.3 Å². The number of esters is 1. The van der Waals surface area contributed by atoms with Gasteiger partial charge in [0.05, 0.1) is 17.7 Å². The Labute approximate surface area is 137 Å². The minimum absolute atomic E-state index is 0.0884. The normalized spacial score (nSPS) is 10.0. The van der Waals surface area contributed by atoms with Crippen molar-refractivity contribution in [3.63, 3.8) is 0 Å². The zero-order valence-electron chi connectivity index (χ0n) is 12.1. The molecule has 2 aromatic carbocycles. The summed E-state index contributed by atoms with van der Waals surface area (Å²) in [5, 5.41) is 2.43. The molecule has 1 amide bonds. The Bertz CT molecular complexity index is 736. The van der Waals surface area contributed by atoms with Crippen molar-refractivity contribution in [2.45, 2.75) is 0 Å². The van der Waals surface area contributed by atoms with Gasteiger partial charge in [-0.3, -0.25) is 4.79 Å². The number of methoxy groups -OCH3 is 1. The highest BCUT2D eigenvalue weighted by Gasteiger charge is 2.09. The Hall–Kier alpha value is -2.60. The van der Waals surface area contributed by atoms with Crippen LogP contribution in [-0.2, 0) is 9.53 Å². The lowest BCUT2D eigenvalue weighted by Crippen LogP contribution is -2.20. The Balaban J connectivity index is 1.94. The molecule has 0 saturated heterocycles. The molecule has 0 aliphatic carbocycles. The van der Waals surface area contributed by atoms with E-state index < -0.39 is 17.7 Å². The van der Waals surface area contributed by atoms with Gasteiger partial charge in [0.25, 0.3) is 5.91 Å². The van der Waals surface area contributed by atoms with Crippen molar-refractivity contribution >= 4 is 29.2 Å². The molecule has 23 heavy (non-hydrogen) atoms. The van der Waals surface area contributed by atoms with Gasteiger partial charge in [-0.05, 0) is 36.4 Å². The van der Waals surface area contributed by atoms with Gasteiger partial charge in [-0.15, -0.1) is 0 Å². The number of anilines is 1. The molecule has 0 radical (unpaired) electrons. The molecule has 0 fully saturated rings. The second kappa shape index (κ2) is 7.60. The number of carbonyl (C=O) groups is 2. The first-order valence-corrected chi connectivity index (χ1v) is 6.93. The average molecular weight is 338 g/mol. The third-order valence-corrected chi connectivity index (χ3v) is 3.12. The van der Waals surface area contributed by atoms with Crippen LogP contribution in [-0.4, -0.2) is 25.6 Å². The fraction of sp³-hybridized carbons (Fsp3) is 0.125. The predicted octanol–water partition coefficient (Wildman–Crippen LogP) is 3.28. The van der Waals surface area contributed by atoms with Gasteiger partial charge in [-0.1, -0.05) is 17.7 Å². The molecule has 2 rings (SSSR count). The lowest BCUT2D eigenvalue weighted by atomic mass is 10.2. The van der Waals surface area contributed by atoms with Crippen LogP contribution in [0.25, 0.3) is 0 Å². The third-order valence-electron chi connectivity index (χ3n) is 2.83. The van der Waals surface area contributed by atoms with Gasteiger partial charge >= 0.3 is 5.97 Å². The summed E-state index contributed by atoms with van der Waals surface area (Å²) in [7, 11) is 1.27. The highest BCUT2D eigenvalue weighted by molar-refractivity contribution is 6.31. The number of hydrogen-bond acceptors (Lipinski definition) is 4. The first-order valence-electron chi connectivity index (χ1n) is 6.55. The summed E-state index contributed by atoms with van der Waals surface area (Å²) in [5.41, 5.74) is 0.670. The molecule has 2 aromatic rings. The number of benzene rings is 2. The van der Waals surface area contributed by atoms with Crippen LogP contribution in [0.3, 0.4) is 0 Å². The highest BCUT2D eigenvalue weighted by Crippen LogP contribution is 2.19. The van der Waals surface area contributed by atoms with E-state index in [0.717, 1.165) is 6.07 Å². The topological polar surface area (TPSA) is 64.6 Å². The van der Waals surface area contributed by atoms with Gasteiger partial charge in [-0.25, -0.2) is 9.18 Å². The minimum Gasteiger partial charge on any atom is -0.484 e. The van der Waals surface area contributed by atoms with Gasteiger partial charge in [0.1, 0.15) is 11.6 Å². The number of halogens is 2. The Morgan fingerprint density at radius 2 is 2.00 bits per heavy atom. The van der Waals surface area contributed by atoms with Crippen LogP contribution in [0.1, 0.15) is 10.4 Å². The maximum Gasteiger partial charge on any atom is 0.337 e. The van der Waals surface area contributed by atoms with Gasteiger partial charge < -0.3 is 14.8 Å². The fourth-order valence-electron chi connectivity index (χ4n) is 1.75. The third kappa shape index (κ3) is 4.69. The summed E-state index contributed by atoms with van der Waals surface area (Å²) in [4.78, 5) is 23.2. The van der Waals surface area contributed by atoms with E-state index in [9.17, 15) is 14.0 Å². The average Bonchev–Trinajstić information content (AvgIpc) is 2.56. The van der Waals surface area contributed by atoms with Gasteiger partial charge in [0.15, 0.2) is 6.61 Å². The van der Waals surface area contributed by atoms with Crippen LogP contribution in [0, 0.1) is 5.82 Å². The monoisotopic (exact) mass is 337 g/mol. The zero-order valence-corrected chi connectivity index (χ0v) is 12.9. The standard InChI is InChI=1S/C16H13ClFNO4/c1-22-16(21)10-3-2-4-12(7-10)23-9-15(20)19-11-5-6-14(18)13(17)8-11/h2-8H,9H2,1H3,(H,19,20). The van der Waals surface area contributed by atoms with Crippen molar-refractivity contribution in [1.29, 1.82) is 0 Å². The van der Waals surface area contributed by atoms with Gasteiger partial charge in [-0.2, -0.15) is 0 Å². The summed E-state index contributed by atoms with van der Waals surface area (Å²) in [5.74, 6) is -1.17. The van der Waals surface area contributed by atoms with Crippen molar-refractivity contribution in [2.24, 2.45) is 0 Å². The molecule has 0 unspecified atom stereocenters. The molecule has 7 heteroatoms. The number of ether oxygens (including phenoxy) is 2. The van der Waals surface area contributed by atoms with E-state index in [-0.39, 0.29) is 11.6 Å². The number of nitrogens with one attached hydrogen (secondary N) is 1. The molecule has 0 spiro atoms. The van der Waals surface area contributed by atoms with E-state index >= 15 is 0 Å². The van der Waals surface area contributed by atoms with Crippen molar-refractivity contribution < 1.29 is 23.5 Å². The molecule has 120 valence electrons. The predicted molar refractivity (Wildman–Crippen MR) is 83.3 cm³/mol. The lowest BCUT2D eigenvalue weighted by molar-refractivity contribution is -0.118. The molecular weight excluding hydrogens is 325 g/mol. The number of hydrogen-bond donors (Lipinski definition) is 1. The molecule has 0 bridgehead atoms. The van der Waals surface area contributed by atoms with Crippen molar-refractivity contribution in [3.05, 3.63) is 58.9 Å². The van der Waals surface area contributed by atoms with E-state index in [2.05, 4.69) is 10.1 Å². The summed E-state index contributed by atoms with van der Waals surface area (Å²) < 4.78 is 22.9. The van der Waals surface area contributed by atoms with E-state index in [0.29, 0.717) is 17.0 Å². The highest BCUT2D eigenvalue weighted by atomic mass is 35.5. The maximum absolute atomic E-state index is 13.0. The Morgan fingerprint density at radius 1 is 1.22 bits per heavy atom. The van der Waals surface area contributed by atoms with Crippen LogP contribution < -0.4 is 10.1 Å². The first kappa shape index (κ1) is 16.8. The van der Waals surface area contributed by atoms with Crippen molar-refractivity contribution in [3.8, 4) is 5.75 Å². The molecule has 0 aliphatic rings. The van der Waals surface area contributed by atoms with Crippen LogP contribution >= 0.6 is 11.6 Å². The largest absolute Gasteiger partial charge is 0.484 e. The minimum atomic E-state index is -0.569. The molecular formula is C16H13ClFNO4. The van der Waals surface area contributed by atoms with Crippen LogP contribution in [0.5, 0.6) is 5.75 Å². The first-order chi connectivity index (χ1) is 11.0. The van der Waals surface area contributed by atoms with E-state index in [1.807, 2.05) is 0 Å². The second-order valence-corrected chi connectivity index (χ2v) is 4.89. The van der Waals surface area contributed by atoms with Crippen molar-refractivity contribution in [1.82, 2.24) is 0 Å². The van der Waals surface area contributed by atoms with Gasteiger partial charge in [0.2, 0.25) is 0 Å². The van der Waals surface area contributed by atoms with Crippen LogP contribution in [0.15, 0.2) is 42.5 Å². The van der Waals surface area contributed by atoms with E-state index in [1.54, 1.807) is 18.2 Å². The SMILES string of the molecule is COC(=O)c1cccc(OCC(=O)Nc2ccc(F)c(Cl)c2)c1. The summed E-state index contributed by atoms with van der Waals surface area (Å²) >= 11 is 5.63. The fourth-order valence-corrected chi connectivity index (χ4v) is 1.93. The molecule has 0 saturated carbocycles. The maximum atomic E-state index is 13.0. The number of carbonyl (C=O) groups excluding carboxylic acids is 2. The quantitative estimate of drug-likeness (QED) is 0.850. The van der Waals surface area contributed by atoms with Gasteiger partial charge in [0, 0.05) is 5.69 Å². The Kier molecular flexibility index (Phi) is 5.54. The molecule has 0 heterocycles. The molecule has 1 N–H and O–H groups in total. The summed E-state index contributed by atoms with van der Waals surface area (Å²) in [6.07, 6.45) is 0. The molecule has 5 nitrogen and oxygen atoms in total. The molecule has 0 aromatic heterocycles. The molecule has 0 atom stereocenters. The van der Waals surface area contributed by atoms with E-state index in [1.165, 1.54) is 25.3 Å². The second-order valence-electron chi connectivity index (χ2n) is 4.49.